The van der Waals surface area contributed by atoms with Crippen molar-refractivity contribution < 1.29 is 28.6 Å². The molecule has 0 saturated carbocycles. The molecule has 0 rings (SSSR count). The van der Waals surface area contributed by atoms with E-state index in [9.17, 15) is 14.4 Å². The van der Waals surface area contributed by atoms with Crippen molar-refractivity contribution in [3.05, 3.63) is 122 Å². The van der Waals surface area contributed by atoms with E-state index in [1.54, 1.807) is 0 Å². The predicted octanol–water partition coefficient (Wildman–Crippen LogP) is 23.2. The fourth-order valence-electron chi connectivity index (χ4n) is 9.26. The van der Waals surface area contributed by atoms with E-state index in [4.69, 9.17) is 14.2 Å². The first-order chi connectivity index (χ1) is 39.5. The molecule has 0 aliphatic rings. The average Bonchev–Trinajstić information content (AvgIpc) is 3.46. The van der Waals surface area contributed by atoms with Crippen LogP contribution in [0.2, 0.25) is 0 Å². The van der Waals surface area contributed by atoms with Crippen LogP contribution in [0, 0.1) is 0 Å². The van der Waals surface area contributed by atoms with Crippen LogP contribution in [0.15, 0.2) is 122 Å². The predicted molar refractivity (Wildman–Crippen MR) is 348 cm³/mol. The molecule has 0 heterocycles. The summed E-state index contributed by atoms with van der Waals surface area (Å²) in [5.41, 5.74) is 0. The van der Waals surface area contributed by atoms with E-state index in [0.717, 1.165) is 128 Å². The fraction of sp³-hybridized carbons (Fsp3) is 0.689. The Labute approximate surface area is 494 Å². The van der Waals surface area contributed by atoms with Gasteiger partial charge in [0, 0.05) is 19.3 Å². The van der Waals surface area contributed by atoms with Gasteiger partial charge in [-0.25, -0.2) is 0 Å². The molecule has 0 fully saturated rings. The first-order valence-electron chi connectivity index (χ1n) is 33.5. The Hall–Kier alpha value is -4.19. The highest BCUT2D eigenvalue weighted by molar-refractivity contribution is 5.71. The zero-order valence-electron chi connectivity index (χ0n) is 52.3. The Morgan fingerprint density at radius 1 is 0.263 bits per heavy atom. The van der Waals surface area contributed by atoms with Crippen molar-refractivity contribution in [1.29, 1.82) is 0 Å². The number of carbonyl (C=O) groups is 3. The van der Waals surface area contributed by atoms with Gasteiger partial charge < -0.3 is 14.2 Å². The van der Waals surface area contributed by atoms with Gasteiger partial charge >= 0.3 is 17.9 Å². The van der Waals surface area contributed by atoms with Crippen molar-refractivity contribution in [3.63, 3.8) is 0 Å². The SMILES string of the molecule is CC/C=C\C/C=C\C/C=C\C/C=C\C/C=C\C/C=C\CCCCC(=O)OCC(COC(=O)CCCCCCCCCCCCCCCCCCCCCC)OC(=O)CCCCCCCCCC/C=C\C/C=C\C/C=C\C/C=C\CC. The second kappa shape index (κ2) is 67.3. The lowest BCUT2D eigenvalue weighted by Crippen LogP contribution is -2.30. The normalized spacial score (nSPS) is 12.9. The van der Waals surface area contributed by atoms with Gasteiger partial charge in [-0.1, -0.05) is 303 Å². The zero-order valence-corrected chi connectivity index (χ0v) is 52.3. The third-order valence-electron chi connectivity index (χ3n) is 14.2. The Balaban J connectivity index is 4.47. The zero-order chi connectivity index (χ0) is 57.8. The largest absolute Gasteiger partial charge is 0.462 e. The Bertz CT molecular complexity index is 1650. The number of ether oxygens (including phenoxy) is 3. The van der Waals surface area contributed by atoms with Crippen LogP contribution in [0.4, 0.5) is 0 Å². The van der Waals surface area contributed by atoms with Gasteiger partial charge in [0.05, 0.1) is 0 Å². The molecule has 1 atom stereocenters. The quantitative estimate of drug-likeness (QED) is 0.0261. The lowest BCUT2D eigenvalue weighted by molar-refractivity contribution is -0.167. The first kappa shape index (κ1) is 75.8. The maximum atomic E-state index is 12.9. The van der Waals surface area contributed by atoms with Gasteiger partial charge in [-0.15, -0.1) is 0 Å². The minimum Gasteiger partial charge on any atom is -0.462 e. The van der Waals surface area contributed by atoms with Crippen molar-refractivity contribution in [2.75, 3.05) is 13.2 Å². The summed E-state index contributed by atoms with van der Waals surface area (Å²) in [6.45, 7) is 6.40. The average molecular weight is 1110 g/mol. The Kier molecular flexibility index (Phi) is 63.8. The van der Waals surface area contributed by atoms with Crippen molar-refractivity contribution in [2.24, 2.45) is 0 Å². The molecule has 0 spiro atoms. The summed E-state index contributed by atoms with van der Waals surface area (Å²) in [4.78, 5) is 38.4. The molecule has 456 valence electrons. The maximum absolute atomic E-state index is 12.9. The minimum atomic E-state index is -0.805. The number of unbranched alkanes of at least 4 members (excludes halogenated alkanes) is 29. The molecule has 0 N–H and O–H groups in total. The van der Waals surface area contributed by atoms with Crippen molar-refractivity contribution in [2.45, 2.75) is 316 Å². The van der Waals surface area contributed by atoms with Crippen LogP contribution in [0.25, 0.3) is 0 Å². The van der Waals surface area contributed by atoms with E-state index < -0.39 is 6.10 Å². The smallest absolute Gasteiger partial charge is 0.306 e. The lowest BCUT2D eigenvalue weighted by atomic mass is 10.0. The topological polar surface area (TPSA) is 78.9 Å². The summed E-state index contributed by atoms with van der Waals surface area (Å²) < 4.78 is 16.9. The highest BCUT2D eigenvalue weighted by Gasteiger charge is 2.19. The molecule has 0 bridgehead atoms. The molecule has 0 saturated heterocycles. The van der Waals surface area contributed by atoms with Crippen LogP contribution in [0.5, 0.6) is 0 Å². The fourth-order valence-corrected chi connectivity index (χ4v) is 9.26. The number of allylic oxidation sites excluding steroid dienone is 20. The maximum Gasteiger partial charge on any atom is 0.306 e. The van der Waals surface area contributed by atoms with Crippen molar-refractivity contribution in [3.8, 4) is 0 Å². The lowest BCUT2D eigenvalue weighted by Gasteiger charge is -2.18. The van der Waals surface area contributed by atoms with Gasteiger partial charge in [-0.3, -0.25) is 14.4 Å². The molecule has 0 radical (unpaired) electrons. The molecule has 0 aromatic carbocycles. The van der Waals surface area contributed by atoms with Crippen LogP contribution >= 0.6 is 0 Å². The van der Waals surface area contributed by atoms with Gasteiger partial charge in [-0.2, -0.15) is 0 Å². The van der Waals surface area contributed by atoms with E-state index in [1.807, 2.05) is 0 Å². The molecular weight excluding hydrogens is 985 g/mol. The van der Waals surface area contributed by atoms with Crippen LogP contribution in [0.3, 0.4) is 0 Å². The van der Waals surface area contributed by atoms with Crippen LogP contribution < -0.4 is 0 Å². The van der Waals surface area contributed by atoms with E-state index in [-0.39, 0.29) is 31.1 Å². The molecule has 0 aliphatic carbocycles. The third kappa shape index (κ3) is 64.6. The summed E-state index contributed by atoms with van der Waals surface area (Å²) in [5, 5.41) is 0. The van der Waals surface area contributed by atoms with E-state index in [2.05, 4.69) is 142 Å². The molecular formula is C74H124O6. The summed E-state index contributed by atoms with van der Waals surface area (Å²) >= 11 is 0. The highest BCUT2D eigenvalue weighted by Crippen LogP contribution is 2.17. The summed E-state index contributed by atoms with van der Waals surface area (Å²) in [6.07, 6.45) is 93.5. The van der Waals surface area contributed by atoms with E-state index in [1.165, 1.54) is 141 Å². The standard InChI is InChI=1S/C74H124O6/c1-4-7-10-13-16-19-22-25-28-31-34-37-40-43-46-49-52-55-58-61-64-67-73(76)79-70-71(69-78-72(75)66-63-60-57-54-51-48-45-42-39-36-33-30-27-24-21-18-15-12-9-6-3)80-74(77)68-65-62-59-56-53-50-47-44-41-38-35-32-29-26-23-20-17-14-11-8-5-2/h7-8,10-11,16-17,19-20,25-26,28-29,34-35,37-38,43,46,52,55,71H,4-6,9,12-15,18,21-24,27,30-33,36,39-42,44-45,47-51,53-54,56-70H2,1-3H3/b10-7-,11-8-,19-16-,20-17-,28-25-,29-26-,37-34-,38-35-,46-43-,55-52-. The number of rotatable bonds is 60. The van der Waals surface area contributed by atoms with Crippen LogP contribution in [0.1, 0.15) is 310 Å². The van der Waals surface area contributed by atoms with Gasteiger partial charge in [0.2, 0.25) is 0 Å². The van der Waals surface area contributed by atoms with Crippen molar-refractivity contribution in [1.82, 2.24) is 0 Å². The van der Waals surface area contributed by atoms with Crippen LogP contribution in [-0.4, -0.2) is 37.2 Å². The third-order valence-corrected chi connectivity index (χ3v) is 14.2. The minimum absolute atomic E-state index is 0.0952. The monoisotopic (exact) mass is 1110 g/mol. The summed E-state index contributed by atoms with van der Waals surface area (Å²) in [6, 6.07) is 0. The van der Waals surface area contributed by atoms with Crippen LogP contribution in [-0.2, 0) is 28.6 Å². The Morgan fingerprint density at radius 3 is 0.787 bits per heavy atom. The number of hydrogen-bond acceptors (Lipinski definition) is 6. The number of hydrogen-bond donors (Lipinski definition) is 0. The molecule has 0 amide bonds. The molecule has 1 unspecified atom stereocenters. The Morgan fingerprint density at radius 2 is 0.487 bits per heavy atom. The summed E-state index contributed by atoms with van der Waals surface area (Å²) in [7, 11) is 0. The second-order valence-corrected chi connectivity index (χ2v) is 22.0. The summed E-state index contributed by atoms with van der Waals surface area (Å²) in [5.74, 6) is -0.938. The number of carbonyl (C=O) groups excluding carboxylic acids is 3. The first-order valence-corrected chi connectivity index (χ1v) is 33.5. The van der Waals surface area contributed by atoms with Gasteiger partial charge in [0.1, 0.15) is 13.2 Å². The molecule has 80 heavy (non-hydrogen) atoms. The van der Waals surface area contributed by atoms with Gasteiger partial charge in [0.15, 0.2) is 6.10 Å². The molecule has 6 heteroatoms. The molecule has 0 aliphatic heterocycles. The van der Waals surface area contributed by atoms with Gasteiger partial charge in [0.25, 0.3) is 0 Å². The van der Waals surface area contributed by atoms with E-state index >= 15 is 0 Å². The highest BCUT2D eigenvalue weighted by atomic mass is 16.6. The second-order valence-electron chi connectivity index (χ2n) is 22.0. The molecule has 0 aromatic heterocycles. The molecule has 6 nitrogen and oxygen atoms in total. The van der Waals surface area contributed by atoms with Crippen molar-refractivity contribution >= 4 is 17.9 Å². The molecule has 0 aromatic rings. The van der Waals surface area contributed by atoms with Gasteiger partial charge in [-0.05, 0) is 109 Å². The number of esters is 3. The van der Waals surface area contributed by atoms with E-state index in [0.29, 0.717) is 19.3 Å².